The molecule has 0 spiro atoms. The summed E-state index contributed by atoms with van der Waals surface area (Å²) < 4.78 is 48.3. The van der Waals surface area contributed by atoms with Crippen molar-refractivity contribution in [2.75, 3.05) is 13.1 Å². The largest absolute Gasteiger partial charge is 0.474 e. The average molecular weight is 550 g/mol. The number of pyridine rings is 1. The molecule has 4 heterocycles. The van der Waals surface area contributed by atoms with Gasteiger partial charge in [-0.2, -0.15) is 5.10 Å². The molecular weight excluding hydrogens is 523 g/mol. The van der Waals surface area contributed by atoms with Crippen LogP contribution in [0.1, 0.15) is 41.9 Å². The maximum absolute atomic E-state index is 13.7. The van der Waals surface area contributed by atoms with Gasteiger partial charge in [0.25, 0.3) is 12.3 Å². The quantitative estimate of drug-likeness (QED) is 0.369. The first-order valence-corrected chi connectivity index (χ1v) is 12.8. The number of halogens is 3. The molecular formula is C28H26F3N7O2. The number of nitrogens with zero attached hydrogens (tertiary/aromatic N) is 6. The third kappa shape index (κ3) is 4.90. The lowest BCUT2D eigenvalue weighted by Crippen LogP contribution is -2.33. The maximum Gasteiger partial charge on any atom is 0.282 e. The van der Waals surface area contributed by atoms with Crippen LogP contribution in [0.4, 0.5) is 13.2 Å². The van der Waals surface area contributed by atoms with E-state index in [9.17, 15) is 18.0 Å². The van der Waals surface area contributed by atoms with E-state index in [0.717, 1.165) is 15.8 Å². The Hall–Kier alpha value is -4.32. The fourth-order valence-corrected chi connectivity index (χ4v) is 5.05. The number of alkyl halides is 2. The Bertz CT molecular complexity index is 1540. The lowest BCUT2D eigenvalue weighted by Gasteiger charge is -2.22. The van der Waals surface area contributed by atoms with Crippen molar-refractivity contribution < 1.29 is 22.7 Å². The molecule has 1 aromatic carbocycles. The van der Waals surface area contributed by atoms with Gasteiger partial charge in [-0.1, -0.05) is 0 Å². The van der Waals surface area contributed by atoms with Crippen molar-refractivity contribution in [3.05, 3.63) is 83.7 Å². The number of aromatic nitrogens is 5. The highest BCUT2D eigenvalue weighted by Crippen LogP contribution is 2.48. The number of nitrogens with two attached hydrogens (primary N) is 1. The summed E-state index contributed by atoms with van der Waals surface area (Å²) in [7, 11) is 0. The fraction of sp³-hybridized carbons (Fsp3) is 0.321. The number of fused-ring (bicyclic) bond motifs is 1. The number of likely N-dealkylation sites (tertiary alicyclic amines) is 1. The molecule has 0 radical (unpaired) electrons. The van der Waals surface area contributed by atoms with E-state index >= 15 is 0 Å². The van der Waals surface area contributed by atoms with Gasteiger partial charge in [-0.3, -0.25) is 4.79 Å². The number of hydrogen-bond donors (Lipinski definition) is 1. The molecule has 12 heteroatoms. The molecule has 0 unspecified atom stereocenters. The zero-order valence-corrected chi connectivity index (χ0v) is 21.7. The predicted octanol–water partition coefficient (Wildman–Crippen LogP) is 4.14. The standard InChI is InChI=1S/C28H26F3N7O2/c1-28(2,32)16-10-21(15-4-6-17(29)7-5-15)35-22(11-16)40-24-18-12-37(13-19(18)24)26(39)20-14-38(36-23(20)25(30)31)27-33-8-3-9-34-27/h3-11,14,18-19,24-25H,12-13,32H2,1-2H3/t18-,19+,24-. The van der Waals surface area contributed by atoms with Crippen LogP contribution in [-0.4, -0.2) is 54.7 Å². The predicted molar refractivity (Wildman–Crippen MR) is 138 cm³/mol. The summed E-state index contributed by atoms with van der Waals surface area (Å²) in [6.07, 6.45) is 1.06. The van der Waals surface area contributed by atoms with Crippen LogP contribution in [-0.2, 0) is 5.54 Å². The molecule has 1 amide bonds. The Balaban J connectivity index is 1.18. The van der Waals surface area contributed by atoms with E-state index in [4.69, 9.17) is 10.5 Å². The molecule has 206 valence electrons. The van der Waals surface area contributed by atoms with Crippen molar-refractivity contribution in [3.8, 4) is 23.1 Å². The molecule has 1 saturated carbocycles. The molecule has 3 aromatic heterocycles. The van der Waals surface area contributed by atoms with Gasteiger partial charge in [-0.05, 0) is 55.8 Å². The topological polar surface area (TPSA) is 112 Å². The number of carbonyl (C=O) groups is 1. The molecule has 1 aliphatic heterocycles. The van der Waals surface area contributed by atoms with E-state index in [2.05, 4.69) is 20.1 Å². The summed E-state index contributed by atoms with van der Waals surface area (Å²) in [6, 6.07) is 11.3. The van der Waals surface area contributed by atoms with E-state index < -0.39 is 23.6 Å². The van der Waals surface area contributed by atoms with Crippen LogP contribution in [0.2, 0.25) is 0 Å². The molecule has 40 heavy (non-hydrogen) atoms. The van der Waals surface area contributed by atoms with Gasteiger partial charge >= 0.3 is 0 Å². The van der Waals surface area contributed by atoms with Gasteiger partial charge in [0, 0.05) is 60.7 Å². The zero-order valence-electron chi connectivity index (χ0n) is 21.7. The van der Waals surface area contributed by atoms with Crippen molar-refractivity contribution >= 4 is 5.91 Å². The van der Waals surface area contributed by atoms with Gasteiger partial charge in [0.15, 0.2) is 0 Å². The Morgan fingerprint density at radius 2 is 1.77 bits per heavy atom. The van der Waals surface area contributed by atoms with Gasteiger partial charge in [-0.25, -0.2) is 32.8 Å². The monoisotopic (exact) mass is 549 g/mol. The molecule has 4 aromatic rings. The lowest BCUT2D eigenvalue weighted by atomic mass is 9.95. The van der Waals surface area contributed by atoms with Crippen LogP contribution in [0.25, 0.3) is 17.2 Å². The molecule has 2 N–H and O–H groups in total. The van der Waals surface area contributed by atoms with Crippen LogP contribution < -0.4 is 10.5 Å². The van der Waals surface area contributed by atoms with Gasteiger partial charge in [0.2, 0.25) is 11.8 Å². The van der Waals surface area contributed by atoms with E-state index in [0.29, 0.717) is 24.7 Å². The van der Waals surface area contributed by atoms with Crippen LogP contribution >= 0.6 is 0 Å². The number of amides is 1. The fourth-order valence-electron chi connectivity index (χ4n) is 5.05. The normalized spacial score (nSPS) is 20.1. The second kappa shape index (κ2) is 9.70. The Kier molecular flexibility index (Phi) is 6.29. The first kappa shape index (κ1) is 25.9. The van der Waals surface area contributed by atoms with Crippen molar-refractivity contribution in [1.82, 2.24) is 29.6 Å². The third-order valence-electron chi connectivity index (χ3n) is 7.28. The van der Waals surface area contributed by atoms with Crippen molar-refractivity contribution in [1.29, 1.82) is 0 Å². The highest BCUT2D eigenvalue weighted by atomic mass is 19.3. The minimum atomic E-state index is -2.93. The zero-order chi connectivity index (χ0) is 28.2. The van der Waals surface area contributed by atoms with Gasteiger partial charge in [-0.15, -0.1) is 0 Å². The first-order valence-electron chi connectivity index (χ1n) is 12.8. The van der Waals surface area contributed by atoms with E-state index in [-0.39, 0.29) is 35.3 Å². The summed E-state index contributed by atoms with van der Waals surface area (Å²) in [5.41, 5.74) is 7.04. The summed E-state index contributed by atoms with van der Waals surface area (Å²) in [5, 5.41) is 3.87. The minimum absolute atomic E-state index is 0.0389. The smallest absolute Gasteiger partial charge is 0.282 e. The number of hydrogen-bond acceptors (Lipinski definition) is 7. The Morgan fingerprint density at radius 3 is 2.40 bits per heavy atom. The number of carbonyl (C=O) groups excluding carboxylic acids is 1. The van der Waals surface area contributed by atoms with Gasteiger partial charge in [0.05, 0.1) is 11.3 Å². The van der Waals surface area contributed by atoms with Crippen LogP contribution in [0.15, 0.2) is 61.1 Å². The van der Waals surface area contributed by atoms with Gasteiger partial charge < -0.3 is 15.4 Å². The van der Waals surface area contributed by atoms with Crippen molar-refractivity contribution in [2.45, 2.75) is 31.9 Å². The number of rotatable bonds is 7. The van der Waals surface area contributed by atoms with Crippen LogP contribution in [0.3, 0.4) is 0 Å². The molecule has 1 saturated heterocycles. The molecule has 2 fully saturated rings. The summed E-state index contributed by atoms with van der Waals surface area (Å²) in [5.74, 6) is -0.309. The van der Waals surface area contributed by atoms with Crippen molar-refractivity contribution in [2.24, 2.45) is 17.6 Å². The number of benzene rings is 1. The highest BCUT2D eigenvalue weighted by Gasteiger charge is 2.59. The van der Waals surface area contributed by atoms with Crippen LogP contribution in [0.5, 0.6) is 5.88 Å². The SMILES string of the molecule is CC(C)(N)c1cc(O[C@@H]2[C@@H]3CN(C(=O)c4cn(-c5ncccn5)nc4C(F)F)C[C@@H]32)nc(-c2ccc(F)cc2)c1. The molecule has 6 rings (SSSR count). The maximum atomic E-state index is 13.7. The van der Waals surface area contributed by atoms with E-state index in [1.54, 1.807) is 29.2 Å². The Labute approximate surface area is 227 Å². The highest BCUT2D eigenvalue weighted by molar-refractivity contribution is 5.95. The minimum Gasteiger partial charge on any atom is -0.474 e. The lowest BCUT2D eigenvalue weighted by molar-refractivity contribution is 0.0739. The molecule has 1 aliphatic carbocycles. The molecule has 2 aliphatic rings. The summed E-state index contributed by atoms with van der Waals surface area (Å²) in [4.78, 5) is 27.4. The number of ether oxygens (including phenoxy) is 1. The molecule has 3 atom stereocenters. The third-order valence-corrected chi connectivity index (χ3v) is 7.28. The van der Waals surface area contributed by atoms with E-state index in [1.807, 2.05) is 19.9 Å². The van der Waals surface area contributed by atoms with E-state index in [1.165, 1.54) is 30.7 Å². The van der Waals surface area contributed by atoms with Crippen LogP contribution in [0, 0.1) is 17.7 Å². The second-order valence-electron chi connectivity index (χ2n) is 10.7. The first-order chi connectivity index (χ1) is 19.1. The van der Waals surface area contributed by atoms with Gasteiger partial charge in [0.1, 0.15) is 17.6 Å². The summed E-state index contributed by atoms with van der Waals surface area (Å²) in [6.45, 7) is 4.46. The van der Waals surface area contributed by atoms with Crippen molar-refractivity contribution in [3.63, 3.8) is 0 Å². The molecule has 0 bridgehead atoms. The second-order valence-corrected chi connectivity index (χ2v) is 10.7. The molecule has 9 nitrogen and oxygen atoms in total. The average Bonchev–Trinajstić information content (AvgIpc) is 3.29. The Morgan fingerprint density at radius 1 is 1.10 bits per heavy atom. The number of piperidine rings is 1. The summed E-state index contributed by atoms with van der Waals surface area (Å²) >= 11 is 0.